The Bertz CT molecular complexity index is 833. The molecule has 1 heterocycles. The SMILES string of the molecule is CC(C)C(C)(C#N)NC(=O)CSc1nnc(COc2ccc(F)cc2)n1N. The Hall–Kier alpha value is -2.80. The molecule has 0 aliphatic rings. The second-order valence-corrected chi connectivity index (χ2v) is 7.26. The first-order chi connectivity index (χ1) is 12.7. The van der Waals surface area contributed by atoms with Crippen LogP contribution in [0.3, 0.4) is 0 Å². The molecule has 0 radical (unpaired) electrons. The molecule has 1 amide bonds. The molecule has 0 saturated carbocycles. The van der Waals surface area contributed by atoms with Gasteiger partial charge in [-0.25, -0.2) is 9.07 Å². The van der Waals surface area contributed by atoms with Gasteiger partial charge in [0, 0.05) is 0 Å². The fourth-order valence-corrected chi connectivity index (χ4v) is 2.62. The minimum atomic E-state index is -0.942. The van der Waals surface area contributed by atoms with Crippen LogP contribution in [-0.4, -0.2) is 32.1 Å². The van der Waals surface area contributed by atoms with Crippen molar-refractivity contribution < 1.29 is 13.9 Å². The second kappa shape index (κ2) is 8.73. The Morgan fingerprint density at radius 1 is 1.44 bits per heavy atom. The van der Waals surface area contributed by atoms with Crippen LogP contribution in [-0.2, 0) is 11.4 Å². The van der Waals surface area contributed by atoms with Crippen LogP contribution in [0, 0.1) is 23.1 Å². The largest absolute Gasteiger partial charge is 0.486 e. The third-order valence-corrected chi connectivity index (χ3v) is 4.98. The molecule has 2 rings (SSSR count). The number of halogens is 1. The predicted molar refractivity (Wildman–Crippen MR) is 98.6 cm³/mol. The molecule has 2 aromatic rings. The average molecular weight is 392 g/mol. The van der Waals surface area contributed by atoms with Crippen molar-refractivity contribution in [2.75, 3.05) is 11.6 Å². The standard InChI is InChI=1S/C17H21FN6O2S/c1-11(2)17(3,10-19)21-15(25)9-27-16-23-22-14(24(16)20)8-26-13-6-4-12(18)5-7-13/h4-7,11H,8-9,20H2,1-3H3,(H,21,25). The molecule has 3 N–H and O–H groups in total. The van der Waals surface area contributed by atoms with Gasteiger partial charge >= 0.3 is 0 Å². The lowest BCUT2D eigenvalue weighted by atomic mass is 9.90. The van der Waals surface area contributed by atoms with Gasteiger partial charge in [0.05, 0.1) is 11.8 Å². The maximum absolute atomic E-state index is 12.9. The zero-order valence-corrected chi connectivity index (χ0v) is 16.1. The summed E-state index contributed by atoms with van der Waals surface area (Å²) in [5.41, 5.74) is -0.942. The van der Waals surface area contributed by atoms with E-state index in [9.17, 15) is 14.4 Å². The molecule has 144 valence electrons. The number of nitrogen functional groups attached to an aromatic ring is 1. The normalized spacial score (nSPS) is 13.0. The van der Waals surface area contributed by atoms with Gasteiger partial charge in [-0.1, -0.05) is 25.6 Å². The fraction of sp³-hybridized carbons (Fsp3) is 0.412. The highest BCUT2D eigenvalue weighted by Gasteiger charge is 2.30. The fourth-order valence-electron chi connectivity index (χ4n) is 1.94. The number of nitrogens with two attached hydrogens (primary N) is 1. The van der Waals surface area contributed by atoms with Crippen LogP contribution in [0.15, 0.2) is 29.4 Å². The van der Waals surface area contributed by atoms with Crippen LogP contribution in [0.2, 0.25) is 0 Å². The number of rotatable bonds is 8. The van der Waals surface area contributed by atoms with Crippen molar-refractivity contribution in [2.24, 2.45) is 5.92 Å². The van der Waals surface area contributed by atoms with Gasteiger partial charge in [-0.3, -0.25) is 4.79 Å². The van der Waals surface area contributed by atoms with Gasteiger partial charge in [-0.15, -0.1) is 10.2 Å². The summed E-state index contributed by atoms with van der Waals surface area (Å²) in [4.78, 5) is 12.1. The maximum atomic E-state index is 12.9. The minimum absolute atomic E-state index is 0.0372. The van der Waals surface area contributed by atoms with Crippen LogP contribution in [0.4, 0.5) is 4.39 Å². The monoisotopic (exact) mass is 392 g/mol. The molecule has 0 bridgehead atoms. The zero-order chi connectivity index (χ0) is 20.0. The molecule has 1 aromatic heterocycles. The quantitative estimate of drug-likeness (QED) is 0.520. The third-order valence-electron chi connectivity index (χ3n) is 4.04. The predicted octanol–water partition coefficient (Wildman–Crippen LogP) is 1.86. The number of hydrogen-bond donors (Lipinski definition) is 2. The number of nitrogens with one attached hydrogen (secondary N) is 1. The molecule has 8 nitrogen and oxygen atoms in total. The van der Waals surface area contributed by atoms with Crippen LogP contribution in [0.1, 0.15) is 26.6 Å². The van der Waals surface area contributed by atoms with Crippen molar-refractivity contribution >= 4 is 17.7 Å². The first kappa shape index (κ1) is 20.5. The van der Waals surface area contributed by atoms with Crippen LogP contribution < -0.4 is 15.9 Å². The summed E-state index contributed by atoms with van der Waals surface area (Å²) in [6, 6.07) is 7.68. The van der Waals surface area contributed by atoms with Gasteiger partial charge in [0.25, 0.3) is 0 Å². The van der Waals surface area contributed by atoms with Gasteiger partial charge in [0.15, 0.2) is 5.82 Å². The van der Waals surface area contributed by atoms with E-state index in [-0.39, 0.29) is 30.0 Å². The molecule has 1 atom stereocenters. The topological polar surface area (TPSA) is 119 Å². The first-order valence-corrected chi connectivity index (χ1v) is 9.16. The molecular formula is C17H21FN6O2S. The number of nitrogens with zero attached hydrogens (tertiary/aromatic N) is 4. The summed E-state index contributed by atoms with van der Waals surface area (Å²) < 4.78 is 19.6. The van der Waals surface area contributed by atoms with E-state index in [2.05, 4.69) is 21.6 Å². The number of thioether (sulfide) groups is 1. The average Bonchev–Trinajstić information content (AvgIpc) is 2.99. The highest BCUT2D eigenvalue weighted by atomic mass is 32.2. The first-order valence-electron chi connectivity index (χ1n) is 8.18. The summed E-state index contributed by atoms with van der Waals surface area (Å²) >= 11 is 1.10. The Balaban J connectivity index is 1.90. The number of benzene rings is 1. The number of hydrogen-bond acceptors (Lipinski definition) is 7. The molecule has 27 heavy (non-hydrogen) atoms. The number of amides is 1. The van der Waals surface area contributed by atoms with Crippen molar-refractivity contribution in [3.8, 4) is 11.8 Å². The van der Waals surface area contributed by atoms with Gasteiger partial charge in [0.2, 0.25) is 11.1 Å². The van der Waals surface area contributed by atoms with Crippen molar-refractivity contribution in [3.05, 3.63) is 35.9 Å². The van der Waals surface area contributed by atoms with E-state index in [4.69, 9.17) is 10.6 Å². The lowest BCUT2D eigenvalue weighted by Gasteiger charge is -2.27. The van der Waals surface area contributed by atoms with E-state index in [1.54, 1.807) is 6.92 Å². The summed E-state index contributed by atoms with van der Waals surface area (Å²) in [6.07, 6.45) is 0. The molecule has 1 aromatic carbocycles. The summed E-state index contributed by atoms with van der Waals surface area (Å²) in [7, 11) is 0. The molecule has 0 aliphatic carbocycles. The molecule has 0 saturated heterocycles. The van der Waals surface area contributed by atoms with Crippen molar-refractivity contribution in [3.63, 3.8) is 0 Å². The molecule has 1 unspecified atom stereocenters. The van der Waals surface area contributed by atoms with Gasteiger partial charge in [-0.05, 0) is 37.1 Å². The van der Waals surface area contributed by atoms with Gasteiger partial charge in [0.1, 0.15) is 23.7 Å². The second-order valence-electron chi connectivity index (χ2n) is 6.32. The molecule has 0 aliphatic heterocycles. The van der Waals surface area contributed by atoms with Gasteiger partial charge < -0.3 is 15.9 Å². The van der Waals surface area contributed by atoms with E-state index in [1.165, 1.54) is 28.9 Å². The number of ether oxygens (including phenoxy) is 1. The Morgan fingerprint density at radius 2 is 2.11 bits per heavy atom. The van der Waals surface area contributed by atoms with E-state index < -0.39 is 5.54 Å². The van der Waals surface area contributed by atoms with Crippen molar-refractivity contribution in [1.29, 1.82) is 5.26 Å². The summed E-state index contributed by atoms with van der Waals surface area (Å²) in [6.45, 7) is 5.44. The Morgan fingerprint density at radius 3 is 2.70 bits per heavy atom. The van der Waals surface area contributed by atoms with Crippen molar-refractivity contribution in [1.82, 2.24) is 20.2 Å². The molecular weight excluding hydrogens is 371 g/mol. The highest BCUT2D eigenvalue weighted by molar-refractivity contribution is 7.99. The number of nitriles is 1. The minimum Gasteiger partial charge on any atom is -0.486 e. The Labute approximate surface area is 160 Å². The van der Waals surface area contributed by atoms with E-state index in [1.807, 2.05) is 13.8 Å². The molecule has 0 spiro atoms. The van der Waals surface area contributed by atoms with E-state index in [0.717, 1.165) is 11.8 Å². The third kappa shape index (κ3) is 5.34. The van der Waals surface area contributed by atoms with E-state index in [0.29, 0.717) is 16.7 Å². The van der Waals surface area contributed by atoms with E-state index >= 15 is 0 Å². The number of aromatic nitrogens is 3. The van der Waals surface area contributed by atoms with Crippen LogP contribution in [0.25, 0.3) is 0 Å². The number of carbonyl (C=O) groups excluding carboxylic acids is 1. The summed E-state index contributed by atoms with van der Waals surface area (Å²) in [5, 5.41) is 20.2. The smallest absolute Gasteiger partial charge is 0.231 e. The van der Waals surface area contributed by atoms with Crippen LogP contribution >= 0.6 is 11.8 Å². The summed E-state index contributed by atoms with van der Waals surface area (Å²) in [5.74, 6) is 6.10. The lowest BCUT2D eigenvalue weighted by Crippen LogP contribution is -2.49. The lowest BCUT2D eigenvalue weighted by molar-refractivity contribution is -0.120. The van der Waals surface area contributed by atoms with Gasteiger partial charge in [-0.2, -0.15) is 5.26 Å². The highest BCUT2D eigenvalue weighted by Crippen LogP contribution is 2.19. The maximum Gasteiger partial charge on any atom is 0.231 e. The molecule has 0 fully saturated rings. The van der Waals surface area contributed by atoms with Crippen LogP contribution in [0.5, 0.6) is 5.75 Å². The molecule has 10 heteroatoms. The Kier molecular flexibility index (Phi) is 6.63. The zero-order valence-electron chi connectivity index (χ0n) is 15.3. The van der Waals surface area contributed by atoms with Crippen molar-refractivity contribution in [2.45, 2.75) is 38.1 Å². The number of carbonyl (C=O) groups is 1.